The maximum atomic E-state index is 11.8. The lowest BCUT2D eigenvalue weighted by Gasteiger charge is -2.07. The predicted molar refractivity (Wildman–Crippen MR) is 94.9 cm³/mol. The molecule has 0 aromatic heterocycles. The lowest BCUT2D eigenvalue weighted by molar-refractivity contribution is -0.140. The van der Waals surface area contributed by atoms with Gasteiger partial charge in [-0.1, -0.05) is 50.7 Å². The highest BCUT2D eigenvalue weighted by molar-refractivity contribution is 5.92. The summed E-state index contributed by atoms with van der Waals surface area (Å²) >= 11 is 0. The Kier molecular flexibility index (Phi) is 10.3. The SMILES string of the molecule is COC(=O)CCCCCCCCCCC(=O)Nc1ccccc1O. The fourth-order valence-electron chi connectivity index (χ4n) is 2.51. The van der Waals surface area contributed by atoms with E-state index in [0.717, 1.165) is 38.5 Å². The van der Waals surface area contributed by atoms with E-state index in [1.807, 2.05) is 0 Å². The van der Waals surface area contributed by atoms with Gasteiger partial charge in [0.1, 0.15) is 5.75 Å². The fraction of sp³-hybridized carbons (Fsp3) is 0.579. The van der Waals surface area contributed by atoms with Crippen LogP contribution in [0.1, 0.15) is 64.2 Å². The van der Waals surface area contributed by atoms with Gasteiger partial charge in [0.15, 0.2) is 0 Å². The van der Waals surface area contributed by atoms with E-state index in [9.17, 15) is 14.7 Å². The molecule has 0 fully saturated rings. The Morgan fingerprint density at radius 3 is 2.04 bits per heavy atom. The molecule has 0 radical (unpaired) electrons. The zero-order valence-electron chi connectivity index (χ0n) is 14.6. The van der Waals surface area contributed by atoms with E-state index >= 15 is 0 Å². The molecular formula is C19H29NO4. The summed E-state index contributed by atoms with van der Waals surface area (Å²) < 4.78 is 4.60. The quantitative estimate of drug-likeness (QED) is 0.337. The van der Waals surface area contributed by atoms with Crippen LogP contribution < -0.4 is 5.32 Å². The topological polar surface area (TPSA) is 75.6 Å². The number of benzene rings is 1. The van der Waals surface area contributed by atoms with E-state index in [1.54, 1.807) is 24.3 Å². The van der Waals surface area contributed by atoms with Crippen molar-refractivity contribution in [3.63, 3.8) is 0 Å². The minimum atomic E-state index is -0.128. The average molecular weight is 335 g/mol. The number of ether oxygens (including phenoxy) is 1. The number of esters is 1. The molecule has 0 saturated heterocycles. The van der Waals surface area contributed by atoms with Crippen molar-refractivity contribution in [2.75, 3.05) is 12.4 Å². The molecule has 0 unspecified atom stereocenters. The number of hydrogen-bond acceptors (Lipinski definition) is 4. The Morgan fingerprint density at radius 2 is 1.46 bits per heavy atom. The standard InChI is InChI=1S/C19H29NO4/c1-24-19(23)15-9-7-5-3-2-4-6-8-14-18(22)20-16-12-10-11-13-17(16)21/h10-13,21H,2-9,14-15H2,1H3,(H,20,22). The monoisotopic (exact) mass is 335 g/mol. The van der Waals surface area contributed by atoms with Crippen LogP contribution in [-0.2, 0) is 14.3 Å². The summed E-state index contributed by atoms with van der Waals surface area (Å²) in [4.78, 5) is 22.7. The molecule has 0 spiro atoms. The van der Waals surface area contributed by atoms with Gasteiger partial charge in [0.05, 0.1) is 12.8 Å². The highest BCUT2D eigenvalue weighted by atomic mass is 16.5. The number of unbranched alkanes of at least 4 members (excludes halogenated alkanes) is 7. The van der Waals surface area contributed by atoms with Crippen molar-refractivity contribution in [1.29, 1.82) is 0 Å². The van der Waals surface area contributed by atoms with Crippen LogP contribution in [0.5, 0.6) is 5.75 Å². The third-order valence-electron chi connectivity index (χ3n) is 3.94. The first-order valence-corrected chi connectivity index (χ1v) is 8.78. The van der Waals surface area contributed by atoms with Gasteiger partial charge >= 0.3 is 5.97 Å². The minimum Gasteiger partial charge on any atom is -0.506 e. The zero-order chi connectivity index (χ0) is 17.6. The van der Waals surface area contributed by atoms with Crippen LogP contribution >= 0.6 is 0 Å². The Balaban J connectivity index is 1.94. The molecule has 0 aliphatic heterocycles. The first-order valence-electron chi connectivity index (χ1n) is 8.78. The van der Waals surface area contributed by atoms with Crippen molar-refractivity contribution >= 4 is 17.6 Å². The van der Waals surface area contributed by atoms with E-state index in [-0.39, 0.29) is 17.6 Å². The van der Waals surface area contributed by atoms with Crippen LogP contribution in [0, 0.1) is 0 Å². The molecule has 134 valence electrons. The molecule has 5 nitrogen and oxygen atoms in total. The Hall–Kier alpha value is -2.04. The summed E-state index contributed by atoms with van der Waals surface area (Å²) in [5.74, 6) is -0.0885. The van der Waals surface area contributed by atoms with Gasteiger partial charge in [0, 0.05) is 12.8 Å². The molecule has 0 aliphatic carbocycles. The van der Waals surface area contributed by atoms with Crippen LogP contribution in [0.4, 0.5) is 5.69 Å². The van der Waals surface area contributed by atoms with E-state index in [4.69, 9.17) is 0 Å². The molecule has 0 aliphatic rings. The van der Waals surface area contributed by atoms with Gasteiger partial charge in [-0.15, -0.1) is 0 Å². The van der Waals surface area contributed by atoms with Crippen LogP contribution in [0.2, 0.25) is 0 Å². The second kappa shape index (κ2) is 12.4. The number of methoxy groups -OCH3 is 1. The summed E-state index contributed by atoms with van der Waals surface area (Å²) in [7, 11) is 1.42. The molecule has 5 heteroatoms. The smallest absolute Gasteiger partial charge is 0.305 e. The zero-order valence-corrected chi connectivity index (χ0v) is 14.6. The second-order valence-electron chi connectivity index (χ2n) is 5.97. The lowest BCUT2D eigenvalue weighted by Crippen LogP contribution is -2.11. The molecule has 1 amide bonds. The molecule has 0 atom stereocenters. The molecule has 2 N–H and O–H groups in total. The molecule has 0 heterocycles. The van der Waals surface area contributed by atoms with E-state index in [0.29, 0.717) is 18.5 Å². The van der Waals surface area contributed by atoms with Crippen molar-refractivity contribution in [2.24, 2.45) is 0 Å². The normalized spacial score (nSPS) is 10.4. The van der Waals surface area contributed by atoms with E-state index in [1.165, 1.54) is 20.0 Å². The van der Waals surface area contributed by atoms with Crippen molar-refractivity contribution < 1.29 is 19.4 Å². The summed E-state index contributed by atoms with van der Waals surface area (Å²) in [5, 5.41) is 12.3. The number of phenols is 1. The van der Waals surface area contributed by atoms with Gasteiger partial charge in [0.2, 0.25) is 5.91 Å². The highest BCUT2D eigenvalue weighted by Crippen LogP contribution is 2.21. The predicted octanol–water partition coefficient (Wildman–Crippen LogP) is 4.40. The largest absolute Gasteiger partial charge is 0.506 e. The number of amides is 1. The molecule has 1 aromatic rings. The minimum absolute atomic E-state index is 0.0562. The van der Waals surface area contributed by atoms with Gasteiger partial charge in [0.25, 0.3) is 0 Å². The number of anilines is 1. The maximum Gasteiger partial charge on any atom is 0.305 e. The first kappa shape index (κ1) is 20.0. The summed E-state index contributed by atoms with van der Waals surface area (Å²) in [6, 6.07) is 6.75. The van der Waals surface area contributed by atoms with Crippen molar-refractivity contribution in [3.05, 3.63) is 24.3 Å². The number of carbonyl (C=O) groups excluding carboxylic acids is 2. The molecule has 1 rings (SSSR count). The van der Waals surface area contributed by atoms with Crippen LogP contribution in [0.25, 0.3) is 0 Å². The molecule has 0 saturated carbocycles. The first-order chi connectivity index (χ1) is 11.6. The van der Waals surface area contributed by atoms with Gasteiger partial charge in [-0.25, -0.2) is 0 Å². The number of carbonyl (C=O) groups is 2. The van der Waals surface area contributed by atoms with Gasteiger partial charge in [-0.3, -0.25) is 9.59 Å². The number of nitrogens with one attached hydrogen (secondary N) is 1. The number of rotatable bonds is 12. The molecule has 0 bridgehead atoms. The van der Waals surface area contributed by atoms with Crippen LogP contribution in [0.3, 0.4) is 0 Å². The van der Waals surface area contributed by atoms with Gasteiger partial charge < -0.3 is 15.2 Å². The van der Waals surface area contributed by atoms with Gasteiger partial charge in [-0.05, 0) is 25.0 Å². The lowest BCUT2D eigenvalue weighted by atomic mass is 10.1. The van der Waals surface area contributed by atoms with Crippen molar-refractivity contribution in [1.82, 2.24) is 0 Å². The Labute approximate surface area is 144 Å². The average Bonchev–Trinajstić information content (AvgIpc) is 2.58. The number of para-hydroxylation sites is 2. The molecule has 1 aromatic carbocycles. The summed E-state index contributed by atoms with van der Waals surface area (Å²) in [6.07, 6.45) is 9.47. The van der Waals surface area contributed by atoms with E-state index in [2.05, 4.69) is 10.1 Å². The second-order valence-corrected chi connectivity index (χ2v) is 5.97. The van der Waals surface area contributed by atoms with Crippen LogP contribution in [-0.4, -0.2) is 24.1 Å². The van der Waals surface area contributed by atoms with Crippen molar-refractivity contribution in [2.45, 2.75) is 64.2 Å². The van der Waals surface area contributed by atoms with Crippen LogP contribution in [0.15, 0.2) is 24.3 Å². The molecular weight excluding hydrogens is 306 g/mol. The highest BCUT2D eigenvalue weighted by Gasteiger charge is 2.05. The summed E-state index contributed by atoms with van der Waals surface area (Å²) in [6.45, 7) is 0. The Bertz CT molecular complexity index is 502. The third kappa shape index (κ3) is 9.18. The van der Waals surface area contributed by atoms with E-state index < -0.39 is 0 Å². The molecule has 24 heavy (non-hydrogen) atoms. The Morgan fingerprint density at radius 1 is 0.917 bits per heavy atom. The van der Waals surface area contributed by atoms with Crippen molar-refractivity contribution in [3.8, 4) is 5.75 Å². The maximum absolute atomic E-state index is 11.8. The van der Waals surface area contributed by atoms with Gasteiger partial charge in [-0.2, -0.15) is 0 Å². The number of aromatic hydroxyl groups is 1. The number of hydrogen-bond donors (Lipinski definition) is 2. The summed E-state index contributed by atoms with van der Waals surface area (Å²) in [5.41, 5.74) is 0.467. The third-order valence-corrected chi connectivity index (χ3v) is 3.94. The number of phenolic OH excluding ortho intramolecular Hbond substituents is 1. The fourth-order valence-corrected chi connectivity index (χ4v) is 2.51.